The van der Waals surface area contributed by atoms with Crippen molar-refractivity contribution in [3.8, 4) is 0 Å². The van der Waals surface area contributed by atoms with Crippen LogP contribution in [0.2, 0.25) is 4.34 Å². The maximum absolute atomic E-state index is 12.2. The quantitative estimate of drug-likeness (QED) is 0.668. The summed E-state index contributed by atoms with van der Waals surface area (Å²) in [6.45, 7) is 0. The minimum atomic E-state index is -0.252. The van der Waals surface area contributed by atoms with Crippen LogP contribution in [0.15, 0.2) is 36.4 Å². The fraction of sp³-hybridized carbons (Fsp3) is 0.235. The number of benzene rings is 1. The summed E-state index contributed by atoms with van der Waals surface area (Å²) in [6, 6.07) is 11.8. The Morgan fingerprint density at radius 3 is 2.87 bits per heavy atom. The van der Waals surface area contributed by atoms with E-state index in [1.54, 1.807) is 18.4 Å². The highest BCUT2D eigenvalue weighted by atomic mass is 35.5. The molecule has 1 aliphatic rings. The zero-order chi connectivity index (χ0) is 16.0. The predicted molar refractivity (Wildman–Crippen MR) is 94.2 cm³/mol. The molecule has 2 aromatic heterocycles. The molecule has 3 aromatic rings. The molecule has 1 amide bonds. The van der Waals surface area contributed by atoms with Gasteiger partial charge in [-0.3, -0.25) is 10.1 Å². The molecule has 23 heavy (non-hydrogen) atoms. The van der Waals surface area contributed by atoms with Gasteiger partial charge in [0.15, 0.2) is 0 Å². The van der Waals surface area contributed by atoms with Gasteiger partial charge in [0.1, 0.15) is 0 Å². The molecule has 1 aliphatic heterocycles. The van der Waals surface area contributed by atoms with Gasteiger partial charge in [-0.1, -0.05) is 29.8 Å². The minimum absolute atomic E-state index is 0.00795. The molecule has 0 bridgehead atoms. The summed E-state index contributed by atoms with van der Waals surface area (Å²) < 4.78 is 0.751. The van der Waals surface area contributed by atoms with Crippen LogP contribution in [0, 0.1) is 0 Å². The van der Waals surface area contributed by atoms with Crippen molar-refractivity contribution in [3.63, 3.8) is 0 Å². The summed E-state index contributed by atoms with van der Waals surface area (Å²) >= 11 is 7.65. The lowest BCUT2D eigenvalue weighted by Crippen LogP contribution is -2.48. The van der Waals surface area contributed by atoms with Gasteiger partial charge in [-0.15, -0.1) is 11.3 Å². The molecule has 3 N–H and O–H groups in total. The number of nitrogens with one attached hydrogen (secondary N) is 3. The smallest absolute Gasteiger partial charge is 0.237 e. The summed E-state index contributed by atoms with van der Waals surface area (Å²) in [4.78, 5) is 16.8. The fourth-order valence-electron chi connectivity index (χ4n) is 3.29. The second-order valence-electron chi connectivity index (χ2n) is 5.68. The lowest BCUT2D eigenvalue weighted by atomic mass is 9.93. The van der Waals surface area contributed by atoms with Crippen molar-refractivity contribution in [3.05, 3.63) is 56.9 Å². The highest BCUT2D eigenvalue weighted by Crippen LogP contribution is 2.38. The normalized spacial score (nSPS) is 20.4. The molecule has 0 unspecified atom stereocenters. The van der Waals surface area contributed by atoms with Crippen LogP contribution in [0.25, 0.3) is 10.9 Å². The van der Waals surface area contributed by atoms with Gasteiger partial charge in [0, 0.05) is 28.5 Å². The van der Waals surface area contributed by atoms with Crippen LogP contribution in [0.4, 0.5) is 0 Å². The van der Waals surface area contributed by atoms with Gasteiger partial charge < -0.3 is 10.3 Å². The van der Waals surface area contributed by atoms with E-state index in [1.165, 1.54) is 10.9 Å². The Kier molecular flexibility index (Phi) is 3.64. The first kappa shape index (κ1) is 14.8. The number of rotatable bonds is 2. The van der Waals surface area contributed by atoms with Crippen molar-refractivity contribution < 1.29 is 4.79 Å². The number of amides is 1. The Balaban J connectivity index is 1.87. The Morgan fingerprint density at radius 1 is 1.30 bits per heavy atom. The molecule has 1 aromatic carbocycles. The van der Waals surface area contributed by atoms with E-state index in [9.17, 15) is 4.79 Å². The number of halogens is 1. The predicted octanol–water partition coefficient (Wildman–Crippen LogP) is 3.23. The van der Waals surface area contributed by atoms with Gasteiger partial charge in [-0.25, -0.2) is 0 Å². The Morgan fingerprint density at radius 2 is 2.13 bits per heavy atom. The van der Waals surface area contributed by atoms with Crippen molar-refractivity contribution in [1.82, 2.24) is 15.6 Å². The Bertz CT molecular complexity index is 885. The van der Waals surface area contributed by atoms with Crippen LogP contribution in [0.3, 0.4) is 0 Å². The number of H-pyrrole nitrogens is 1. The van der Waals surface area contributed by atoms with Gasteiger partial charge in [0.2, 0.25) is 5.91 Å². The fourth-order valence-corrected chi connectivity index (χ4v) is 4.42. The third-order valence-corrected chi connectivity index (χ3v) is 5.65. The molecular weight excluding hydrogens is 330 g/mol. The van der Waals surface area contributed by atoms with E-state index in [-0.39, 0.29) is 18.0 Å². The molecule has 6 heteroatoms. The number of hydrogen-bond acceptors (Lipinski definition) is 3. The average Bonchev–Trinajstić information content (AvgIpc) is 3.16. The van der Waals surface area contributed by atoms with Crippen LogP contribution < -0.4 is 10.6 Å². The second-order valence-corrected chi connectivity index (χ2v) is 7.42. The SMILES string of the molecule is CNC(=O)[C@@H]1Cc2c([nH]c3ccccc23)[C@@H](c2ccc(Cl)s2)N1. The first-order chi connectivity index (χ1) is 11.2. The highest BCUT2D eigenvalue weighted by molar-refractivity contribution is 7.16. The van der Waals surface area contributed by atoms with Crippen molar-refractivity contribution in [2.24, 2.45) is 0 Å². The number of fused-ring (bicyclic) bond motifs is 3. The molecule has 0 aliphatic carbocycles. The van der Waals surface area contributed by atoms with E-state index in [0.717, 1.165) is 20.4 Å². The number of aromatic nitrogens is 1. The molecule has 4 nitrogen and oxygen atoms in total. The number of aromatic amines is 1. The van der Waals surface area contributed by atoms with Crippen LogP contribution in [0.1, 0.15) is 22.2 Å². The van der Waals surface area contributed by atoms with Gasteiger partial charge in [0.05, 0.1) is 16.4 Å². The van der Waals surface area contributed by atoms with E-state index in [1.807, 2.05) is 24.3 Å². The summed E-state index contributed by atoms with van der Waals surface area (Å²) in [6.07, 6.45) is 0.675. The number of para-hydroxylation sites is 1. The van der Waals surface area contributed by atoms with E-state index in [4.69, 9.17) is 11.6 Å². The molecule has 118 valence electrons. The maximum atomic E-state index is 12.2. The third-order valence-electron chi connectivity index (χ3n) is 4.35. The number of carbonyl (C=O) groups excluding carboxylic acids is 1. The van der Waals surface area contributed by atoms with Crippen molar-refractivity contribution in [2.45, 2.75) is 18.5 Å². The van der Waals surface area contributed by atoms with E-state index in [2.05, 4.69) is 27.8 Å². The lowest BCUT2D eigenvalue weighted by Gasteiger charge is -2.30. The zero-order valence-corrected chi connectivity index (χ0v) is 14.1. The molecule has 0 saturated heterocycles. The second kappa shape index (κ2) is 5.67. The molecule has 2 atom stereocenters. The Labute approximate surface area is 142 Å². The third kappa shape index (κ3) is 2.45. The van der Waals surface area contributed by atoms with Crippen molar-refractivity contribution in [2.75, 3.05) is 7.05 Å². The summed E-state index contributed by atoms with van der Waals surface area (Å²) in [7, 11) is 1.67. The number of carbonyl (C=O) groups is 1. The van der Waals surface area contributed by atoms with Crippen LogP contribution in [0.5, 0.6) is 0 Å². The van der Waals surface area contributed by atoms with Crippen molar-refractivity contribution in [1.29, 1.82) is 0 Å². The zero-order valence-electron chi connectivity index (χ0n) is 12.5. The summed E-state index contributed by atoms with van der Waals surface area (Å²) in [5, 5.41) is 7.39. The standard InChI is InChI=1S/C17H16ClN3OS/c1-19-17(22)12-8-10-9-4-2-3-5-11(9)20-15(10)16(21-12)13-6-7-14(18)23-13/h2-7,12,16,20-21H,8H2,1H3,(H,19,22)/t12-,16+/m0/s1. The number of hydrogen-bond donors (Lipinski definition) is 3. The molecular formula is C17H16ClN3OS. The topological polar surface area (TPSA) is 56.9 Å². The first-order valence-corrected chi connectivity index (χ1v) is 8.69. The van der Waals surface area contributed by atoms with Crippen LogP contribution in [-0.2, 0) is 11.2 Å². The summed E-state index contributed by atoms with van der Waals surface area (Å²) in [5.41, 5.74) is 3.44. The molecule has 4 rings (SSSR count). The van der Waals surface area contributed by atoms with Gasteiger partial charge in [0.25, 0.3) is 0 Å². The summed E-state index contributed by atoms with van der Waals surface area (Å²) in [5.74, 6) is 0.00795. The largest absolute Gasteiger partial charge is 0.358 e. The van der Waals surface area contributed by atoms with Gasteiger partial charge >= 0.3 is 0 Å². The molecule has 0 radical (unpaired) electrons. The van der Waals surface area contributed by atoms with Crippen molar-refractivity contribution >= 4 is 39.7 Å². The highest BCUT2D eigenvalue weighted by Gasteiger charge is 2.34. The average molecular weight is 346 g/mol. The van der Waals surface area contributed by atoms with Gasteiger partial charge in [-0.05, 0) is 30.2 Å². The minimum Gasteiger partial charge on any atom is -0.358 e. The molecule has 0 fully saturated rings. The first-order valence-electron chi connectivity index (χ1n) is 7.49. The molecule has 3 heterocycles. The molecule has 0 saturated carbocycles. The Hall–Kier alpha value is -1.82. The molecule has 0 spiro atoms. The van der Waals surface area contributed by atoms with E-state index >= 15 is 0 Å². The van der Waals surface area contributed by atoms with E-state index < -0.39 is 0 Å². The van der Waals surface area contributed by atoms with Crippen LogP contribution in [-0.4, -0.2) is 24.0 Å². The number of likely N-dealkylation sites (N-methyl/N-ethyl adjacent to an activating group) is 1. The van der Waals surface area contributed by atoms with Gasteiger partial charge in [-0.2, -0.15) is 0 Å². The van der Waals surface area contributed by atoms with Crippen LogP contribution >= 0.6 is 22.9 Å². The number of thiophene rings is 1. The van der Waals surface area contributed by atoms with E-state index in [0.29, 0.717) is 6.42 Å². The lowest BCUT2D eigenvalue weighted by molar-refractivity contribution is -0.122. The monoisotopic (exact) mass is 345 g/mol. The maximum Gasteiger partial charge on any atom is 0.237 e.